The van der Waals surface area contributed by atoms with Crippen LogP contribution in [0.2, 0.25) is 0 Å². The van der Waals surface area contributed by atoms with E-state index in [9.17, 15) is 4.79 Å². The van der Waals surface area contributed by atoms with Gasteiger partial charge in [-0.05, 0) is 62.3 Å². The second-order valence-electron chi connectivity index (χ2n) is 8.19. The number of amides is 2. The Morgan fingerprint density at radius 3 is 2.40 bits per heavy atom. The predicted octanol–water partition coefficient (Wildman–Crippen LogP) is 2.83. The Kier molecular flexibility index (Phi) is 4.59. The van der Waals surface area contributed by atoms with Crippen LogP contribution in [0.3, 0.4) is 0 Å². The van der Waals surface area contributed by atoms with Crippen molar-refractivity contribution < 1.29 is 14.6 Å². The van der Waals surface area contributed by atoms with Crippen molar-refractivity contribution >= 4 is 6.03 Å². The molecule has 4 aliphatic rings. The van der Waals surface area contributed by atoms with E-state index in [1.807, 2.05) is 24.3 Å². The number of nitrogens with one attached hydrogen (secondary N) is 2. The van der Waals surface area contributed by atoms with Crippen molar-refractivity contribution in [3.8, 4) is 5.75 Å². The minimum atomic E-state index is -0.0705. The lowest BCUT2D eigenvalue weighted by Crippen LogP contribution is -2.61. The lowest BCUT2D eigenvalue weighted by molar-refractivity contribution is -0.0135. The van der Waals surface area contributed by atoms with E-state index in [1.54, 1.807) is 0 Å². The Morgan fingerprint density at radius 1 is 1.12 bits per heavy atom. The number of rotatable bonds is 6. The molecule has 0 atom stereocenters. The molecule has 4 bridgehead atoms. The molecule has 4 aliphatic carbocycles. The molecule has 136 valence electrons. The van der Waals surface area contributed by atoms with Gasteiger partial charge in [-0.15, -0.1) is 0 Å². The highest BCUT2D eigenvalue weighted by Gasteiger charge is 2.51. The number of carbonyl (C=O) groups excluding carboxylic acids is 1. The van der Waals surface area contributed by atoms with Gasteiger partial charge in [0.05, 0.1) is 6.61 Å². The largest absolute Gasteiger partial charge is 0.491 e. The summed E-state index contributed by atoms with van der Waals surface area (Å²) in [5, 5.41) is 15.2. The smallest absolute Gasteiger partial charge is 0.315 e. The van der Waals surface area contributed by atoms with E-state index >= 15 is 0 Å². The second kappa shape index (κ2) is 6.87. The molecule has 1 aromatic rings. The van der Waals surface area contributed by atoms with Gasteiger partial charge in [0.15, 0.2) is 0 Å². The van der Waals surface area contributed by atoms with Crippen molar-refractivity contribution in [3.05, 3.63) is 29.8 Å². The van der Waals surface area contributed by atoms with Crippen LogP contribution in [0.5, 0.6) is 5.75 Å². The molecule has 0 radical (unpaired) electrons. The first-order valence-electron chi connectivity index (χ1n) is 9.53. The fourth-order valence-corrected chi connectivity index (χ4v) is 5.67. The average molecular weight is 344 g/mol. The predicted molar refractivity (Wildman–Crippen MR) is 95.3 cm³/mol. The summed E-state index contributed by atoms with van der Waals surface area (Å²) in [6, 6.07) is 7.56. The van der Waals surface area contributed by atoms with E-state index in [0.29, 0.717) is 12.3 Å². The number of carbonyl (C=O) groups is 1. The van der Waals surface area contributed by atoms with Gasteiger partial charge in [0.25, 0.3) is 0 Å². The molecule has 0 unspecified atom stereocenters. The molecule has 4 saturated carbocycles. The van der Waals surface area contributed by atoms with Crippen LogP contribution >= 0.6 is 0 Å². The van der Waals surface area contributed by atoms with Gasteiger partial charge < -0.3 is 20.5 Å². The third-order valence-corrected chi connectivity index (χ3v) is 6.18. The maximum absolute atomic E-state index is 12.5. The van der Waals surface area contributed by atoms with E-state index in [1.165, 1.54) is 19.3 Å². The third kappa shape index (κ3) is 3.61. The normalized spacial score (nSPS) is 32.4. The number of hydrogen-bond donors (Lipinski definition) is 3. The van der Waals surface area contributed by atoms with Crippen LogP contribution in [0.4, 0.5) is 4.79 Å². The Labute approximate surface area is 149 Å². The van der Waals surface area contributed by atoms with E-state index in [4.69, 9.17) is 9.84 Å². The molecule has 0 heterocycles. The number of hydrogen-bond acceptors (Lipinski definition) is 3. The zero-order valence-electron chi connectivity index (χ0n) is 14.7. The monoisotopic (exact) mass is 344 g/mol. The van der Waals surface area contributed by atoms with E-state index < -0.39 is 0 Å². The van der Waals surface area contributed by atoms with Gasteiger partial charge >= 0.3 is 6.03 Å². The lowest BCUT2D eigenvalue weighted by Gasteiger charge is -2.56. The topological polar surface area (TPSA) is 70.6 Å². The molecule has 0 spiro atoms. The summed E-state index contributed by atoms with van der Waals surface area (Å²) in [4.78, 5) is 12.5. The van der Waals surface area contributed by atoms with Gasteiger partial charge in [0, 0.05) is 17.6 Å². The van der Waals surface area contributed by atoms with E-state index in [2.05, 4.69) is 10.6 Å². The molecular weight excluding hydrogens is 316 g/mol. The van der Waals surface area contributed by atoms with Crippen LogP contribution in [0, 0.1) is 17.8 Å². The maximum atomic E-state index is 12.5. The van der Waals surface area contributed by atoms with Crippen molar-refractivity contribution in [1.82, 2.24) is 10.6 Å². The van der Waals surface area contributed by atoms with E-state index in [-0.39, 0.29) is 24.8 Å². The summed E-state index contributed by atoms with van der Waals surface area (Å²) in [5.74, 6) is 3.17. The molecule has 4 fully saturated rings. The zero-order valence-corrected chi connectivity index (χ0v) is 14.7. The van der Waals surface area contributed by atoms with Crippen LogP contribution < -0.4 is 15.4 Å². The van der Waals surface area contributed by atoms with Crippen LogP contribution in [-0.2, 0) is 6.54 Å². The standard InChI is InChI=1S/C20H28N2O3/c23-5-6-25-18-4-2-1-3-17(18)13-21-19(24)22-20-10-14-7-15(11-20)9-16(8-14)12-20/h1-4,14-16,23H,5-13H2,(H2,21,22,24). The van der Waals surface area contributed by atoms with Gasteiger partial charge in [-0.2, -0.15) is 0 Å². The highest BCUT2D eigenvalue weighted by molar-refractivity contribution is 5.75. The number of aliphatic hydroxyl groups is 1. The Bertz CT molecular complexity index is 596. The zero-order chi connectivity index (χ0) is 17.3. The van der Waals surface area contributed by atoms with Gasteiger partial charge in [-0.3, -0.25) is 0 Å². The summed E-state index contributed by atoms with van der Waals surface area (Å²) in [6.07, 6.45) is 7.59. The average Bonchev–Trinajstić information content (AvgIpc) is 2.57. The van der Waals surface area contributed by atoms with Gasteiger partial charge in [0.1, 0.15) is 12.4 Å². The van der Waals surface area contributed by atoms with Gasteiger partial charge in [0.2, 0.25) is 0 Å². The minimum absolute atomic E-state index is 0.0196. The van der Waals surface area contributed by atoms with Gasteiger partial charge in [-0.25, -0.2) is 4.79 Å². The molecule has 0 aliphatic heterocycles. The van der Waals surface area contributed by atoms with Crippen molar-refractivity contribution in [2.75, 3.05) is 13.2 Å². The number of aliphatic hydroxyl groups excluding tert-OH is 1. The summed E-state index contributed by atoms with van der Waals surface area (Å²) in [7, 11) is 0. The second-order valence-corrected chi connectivity index (χ2v) is 8.19. The third-order valence-electron chi connectivity index (χ3n) is 6.18. The number of para-hydroxylation sites is 1. The molecule has 1 aromatic carbocycles. The summed E-state index contributed by atoms with van der Waals surface area (Å²) < 4.78 is 5.53. The Balaban J connectivity index is 1.34. The SMILES string of the molecule is O=C(NCc1ccccc1OCCO)NC12CC3CC(CC(C3)C1)C2. The maximum Gasteiger partial charge on any atom is 0.315 e. The fourth-order valence-electron chi connectivity index (χ4n) is 5.67. The summed E-state index contributed by atoms with van der Waals surface area (Å²) >= 11 is 0. The quantitative estimate of drug-likeness (QED) is 0.743. The van der Waals surface area contributed by atoms with Crippen molar-refractivity contribution in [2.45, 2.75) is 50.6 Å². The van der Waals surface area contributed by atoms with Crippen molar-refractivity contribution in [1.29, 1.82) is 0 Å². The van der Waals surface area contributed by atoms with E-state index in [0.717, 1.165) is 42.6 Å². The minimum Gasteiger partial charge on any atom is -0.491 e. The lowest BCUT2D eigenvalue weighted by atomic mass is 9.53. The fraction of sp³-hybridized carbons (Fsp3) is 0.650. The first-order valence-corrected chi connectivity index (χ1v) is 9.53. The van der Waals surface area contributed by atoms with Crippen LogP contribution in [-0.4, -0.2) is 29.9 Å². The van der Waals surface area contributed by atoms with Crippen molar-refractivity contribution in [3.63, 3.8) is 0 Å². The molecule has 5 nitrogen and oxygen atoms in total. The van der Waals surface area contributed by atoms with Crippen molar-refractivity contribution in [2.24, 2.45) is 17.8 Å². The molecule has 2 amide bonds. The number of ether oxygens (including phenoxy) is 1. The van der Waals surface area contributed by atoms with Crippen LogP contribution in [0.25, 0.3) is 0 Å². The molecule has 0 aromatic heterocycles. The highest BCUT2D eigenvalue weighted by Crippen LogP contribution is 2.55. The highest BCUT2D eigenvalue weighted by atomic mass is 16.5. The molecule has 5 heteroatoms. The molecule has 0 saturated heterocycles. The molecule has 25 heavy (non-hydrogen) atoms. The number of urea groups is 1. The van der Waals surface area contributed by atoms with Gasteiger partial charge in [-0.1, -0.05) is 18.2 Å². The molecular formula is C20H28N2O3. The Hall–Kier alpha value is -1.75. The van der Waals surface area contributed by atoms with Crippen LogP contribution in [0.1, 0.15) is 44.1 Å². The first-order chi connectivity index (χ1) is 12.2. The number of benzene rings is 1. The molecule has 3 N–H and O–H groups in total. The van der Waals surface area contributed by atoms with Crippen LogP contribution in [0.15, 0.2) is 24.3 Å². The molecule has 5 rings (SSSR count). The Morgan fingerprint density at radius 2 is 1.76 bits per heavy atom. The summed E-state index contributed by atoms with van der Waals surface area (Å²) in [6.45, 7) is 0.671. The summed E-state index contributed by atoms with van der Waals surface area (Å²) in [5.41, 5.74) is 0.961. The first kappa shape index (κ1) is 16.7.